The molecule has 0 amide bonds. The summed E-state index contributed by atoms with van der Waals surface area (Å²) in [6.07, 6.45) is 0. The van der Waals surface area contributed by atoms with Gasteiger partial charge in [-0.05, 0) is 30.3 Å². The molecule has 2 heterocycles. The Morgan fingerprint density at radius 1 is 0.794 bits per heavy atom. The van der Waals surface area contributed by atoms with E-state index in [1.165, 1.54) is 7.11 Å². The molecule has 1 aromatic heterocycles. The van der Waals surface area contributed by atoms with Crippen molar-refractivity contribution in [2.75, 3.05) is 13.9 Å². The third kappa shape index (κ3) is 3.11. The second-order valence-electron chi connectivity index (χ2n) is 7.96. The van der Waals surface area contributed by atoms with Gasteiger partial charge in [-0.25, -0.2) is 0 Å². The first kappa shape index (κ1) is 20.3. The van der Waals surface area contributed by atoms with Gasteiger partial charge in [-0.1, -0.05) is 60.7 Å². The maximum absolute atomic E-state index is 13.4. The minimum atomic E-state index is -1.20. The summed E-state index contributed by atoms with van der Waals surface area (Å²) in [6.45, 7) is 0.0875. The maximum atomic E-state index is 13.4. The second kappa shape index (κ2) is 7.93. The van der Waals surface area contributed by atoms with Crippen molar-refractivity contribution in [1.82, 2.24) is 0 Å². The number of hydrogen-bond donors (Lipinski definition) is 0. The Morgan fingerprint density at radius 2 is 1.50 bits per heavy atom. The minimum Gasteiger partial charge on any atom is -0.468 e. The van der Waals surface area contributed by atoms with Crippen LogP contribution in [0.15, 0.2) is 100 Å². The molecule has 6 rings (SSSR count). The highest BCUT2D eigenvalue weighted by atomic mass is 16.7. The van der Waals surface area contributed by atoms with Crippen molar-refractivity contribution in [3.8, 4) is 17.2 Å². The van der Waals surface area contributed by atoms with Gasteiger partial charge in [0.1, 0.15) is 11.3 Å². The fraction of sp³-hybridized carbons (Fsp3) is 0.107. The van der Waals surface area contributed by atoms with Crippen molar-refractivity contribution in [2.24, 2.45) is 0 Å². The molecule has 4 aromatic carbocycles. The normalized spacial score (nSPS) is 13.9. The van der Waals surface area contributed by atoms with Crippen LogP contribution >= 0.6 is 0 Å². The van der Waals surface area contributed by atoms with Crippen LogP contribution in [-0.2, 0) is 10.5 Å². The van der Waals surface area contributed by atoms with Gasteiger partial charge in [0.25, 0.3) is 0 Å². The molecule has 0 N–H and O–H groups in total. The van der Waals surface area contributed by atoms with Crippen LogP contribution in [0.1, 0.15) is 11.1 Å². The molecule has 1 aliphatic heterocycles. The van der Waals surface area contributed by atoms with E-state index in [-0.39, 0.29) is 12.2 Å². The van der Waals surface area contributed by atoms with E-state index in [9.17, 15) is 4.79 Å². The summed E-state index contributed by atoms with van der Waals surface area (Å²) >= 11 is 0. The van der Waals surface area contributed by atoms with Crippen LogP contribution < -0.4 is 19.6 Å². The molecular formula is C28H20O6. The molecule has 5 aromatic rings. The van der Waals surface area contributed by atoms with Crippen molar-refractivity contribution in [1.29, 1.82) is 0 Å². The van der Waals surface area contributed by atoms with E-state index in [0.717, 1.165) is 11.1 Å². The van der Waals surface area contributed by atoms with Gasteiger partial charge in [-0.2, -0.15) is 0 Å². The summed E-state index contributed by atoms with van der Waals surface area (Å²) in [5.41, 5.74) is 2.25. The van der Waals surface area contributed by atoms with E-state index < -0.39 is 5.79 Å². The molecule has 0 bridgehead atoms. The zero-order valence-corrected chi connectivity index (χ0v) is 18.3. The number of hydrogen-bond acceptors (Lipinski definition) is 6. The summed E-state index contributed by atoms with van der Waals surface area (Å²) < 4.78 is 29.7. The highest BCUT2D eigenvalue weighted by Crippen LogP contribution is 2.50. The molecule has 0 fully saturated rings. The van der Waals surface area contributed by atoms with E-state index >= 15 is 0 Å². The summed E-state index contributed by atoms with van der Waals surface area (Å²) in [6, 6.07) is 28.0. The summed E-state index contributed by atoms with van der Waals surface area (Å²) in [4.78, 5) is 13.4. The predicted molar refractivity (Wildman–Crippen MR) is 127 cm³/mol. The van der Waals surface area contributed by atoms with E-state index in [4.69, 9.17) is 23.4 Å². The molecule has 1 aliphatic rings. The largest absolute Gasteiger partial charge is 0.468 e. The van der Waals surface area contributed by atoms with E-state index in [2.05, 4.69) is 0 Å². The Balaban J connectivity index is 1.54. The van der Waals surface area contributed by atoms with Crippen molar-refractivity contribution >= 4 is 21.9 Å². The van der Waals surface area contributed by atoms with E-state index in [1.807, 2.05) is 60.7 Å². The van der Waals surface area contributed by atoms with Crippen LogP contribution in [0.25, 0.3) is 21.9 Å². The highest BCUT2D eigenvalue weighted by molar-refractivity contribution is 5.94. The second-order valence-corrected chi connectivity index (χ2v) is 7.96. The molecule has 0 saturated heterocycles. The van der Waals surface area contributed by atoms with Gasteiger partial charge in [0.2, 0.25) is 11.2 Å². The molecule has 168 valence electrons. The molecule has 0 spiro atoms. The third-order valence-corrected chi connectivity index (χ3v) is 5.88. The zero-order chi connectivity index (χ0) is 23.1. The van der Waals surface area contributed by atoms with Gasteiger partial charge < -0.3 is 23.4 Å². The van der Waals surface area contributed by atoms with Crippen LogP contribution in [-0.4, -0.2) is 13.9 Å². The van der Waals surface area contributed by atoms with Crippen LogP contribution in [0.3, 0.4) is 0 Å². The van der Waals surface area contributed by atoms with Crippen molar-refractivity contribution in [3.05, 3.63) is 112 Å². The number of benzene rings is 4. The fourth-order valence-corrected chi connectivity index (χ4v) is 4.29. The Labute approximate surface area is 194 Å². The number of rotatable bonds is 5. The third-order valence-electron chi connectivity index (χ3n) is 5.88. The molecule has 0 aliphatic carbocycles. The molecule has 34 heavy (non-hydrogen) atoms. The SMILES string of the molecule is COCOc1ccc2oc3c4c(ccc3c(=O)c2c1)OC(c1ccccc1)(c1ccccc1)O4. The molecule has 0 radical (unpaired) electrons. The number of ether oxygens (including phenoxy) is 4. The first-order chi connectivity index (χ1) is 16.7. The minimum absolute atomic E-state index is 0.0875. The van der Waals surface area contributed by atoms with E-state index in [1.54, 1.807) is 30.3 Å². The molecule has 0 atom stereocenters. The van der Waals surface area contributed by atoms with Gasteiger partial charge in [0.15, 0.2) is 18.1 Å². The molecule has 0 unspecified atom stereocenters. The quantitative estimate of drug-likeness (QED) is 0.255. The lowest BCUT2D eigenvalue weighted by Gasteiger charge is -2.28. The molecule has 0 saturated carbocycles. The average Bonchev–Trinajstić information content (AvgIpc) is 3.30. The van der Waals surface area contributed by atoms with Crippen molar-refractivity contribution < 1.29 is 23.4 Å². The lowest BCUT2D eigenvalue weighted by atomic mass is 9.97. The first-order valence-corrected chi connectivity index (χ1v) is 10.8. The summed E-state index contributed by atoms with van der Waals surface area (Å²) in [5.74, 6) is 0.213. The summed E-state index contributed by atoms with van der Waals surface area (Å²) in [5, 5.41) is 0.813. The Bertz CT molecular complexity index is 1520. The van der Waals surface area contributed by atoms with Crippen molar-refractivity contribution in [3.63, 3.8) is 0 Å². The van der Waals surface area contributed by atoms with Crippen LogP contribution in [0.5, 0.6) is 17.2 Å². The average molecular weight is 452 g/mol. The molecule has 6 heteroatoms. The van der Waals surface area contributed by atoms with Crippen LogP contribution in [0.4, 0.5) is 0 Å². The van der Waals surface area contributed by atoms with Crippen LogP contribution in [0.2, 0.25) is 0 Å². The van der Waals surface area contributed by atoms with Gasteiger partial charge >= 0.3 is 5.79 Å². The van der Waals surface area contributed by atoms with E-state index in [0.29, 0.717) is 39.2 Å². The van der Waals surface area contributed by atoms with Gasteiger partial charge in [-0.15, -0.1) is 0 Å². The Hall–Kier alpha value is -4.29. The standard InChI is InChI=1S/C28H20O6/c1-30-17-31-20-12-14-23-22(16-20)25(29)21-13-15-24-27(26(21)32-23)34-28(33-24,18-8-4-2-5-9-18)19-10-6-3-7-11-19/h2-16H,17H2,1H3. The zero-order valence-electron chi connectivity index (χ0n) is 18.3. The summed E-state index contributed by atoms with van der Waals surface area (Å²) in [7, 11) is 1.54. The number of methoxy groups -OCH3 is 1. The van der Waals surface area contributed by atoms with Crippen molar-refractivity contribution in [2.45, 2.75) is 5.79 Å². The first-order valence-electron chi connectivity index (χ1n) is 10.8. The van der Waals surface area contributed by atoms with Gasteiger partial charge in [0.05, 0.1) is 10.8 Å². The van der Waals surface area contributed by atoms with Gasteiger partial charge in [0, 0.05) is 18.2 Å². The fourth-order valence-electron chi connectivity index (χ4n) is 4.29. The topological polar surface area (TPSA) is 67.1 Å². The lowest BCUT2D eigenvalue weighted by Crippen LogP contribution is -2.36. The smallest absolute Gasteiger partial charge is 0.305 e. The van der Waals surface area contributed by atoms with Gasteiger partial charge in [-0.3, -0.25) is 4.79 Å². The van der Waals surface area contributed by atoms with Crippen LogP contribution in [0, 0.1) is 0 Å². The number of fused-ring (bicyclic) bond motifs is 4. The Kier molecular flexibility index (Phi) is 4.74. The molecule has 6 nitrogen and oxygen atoms in total. The highest BCUT2D eigenvalue weighted by Gasteiger charge is 2.46. The lowest BCUT2D eigenvalue weighted by molar-refractivity contribution is -0.0456. The monoisotopic (exact) mass is 452 g/mol. The predicted octanol–water partition coefficient (Wildman–Crippen LogP) is 5.60. The molecular weight excluding hydrogens is 432 g/mol. The Morgan fingerprint density at radius 3 is 2.18 bits per heavy atom. The maximum Gasteiger partial charge on any atom is 0.305 e.